The summed E-state index contributed by atoms with van der Waals surface area (Å²) in [6.45, 7) is 6.85. The number of hydrogen-bond donors (Lipinski definition) is 1. The zero-order valence-electron chi connectivity index (χ0n) is 11.1. The fourth-order valence-corrected chi connectivity index (χ4v) is 3.80. The van der Waals surface area contributed by atoms with Crippen LogP contribution >= 0.6 is 0 Å². The molecule has 0 amide bonds. The second kappa shape index (κ2) is 4.52. The molecule has 0 aromatic rings. The van der Waals surface area contributed by atoms with Crippen molar-refractivity contribution in [3.8, 4) is 0 Å². The largest absolute Gasteiger partial charge is 0.388 e. The highest BCUT2D eigenvalue weighted by Crippen LogP contribution is 2.45. The molecule has 0 radical (unpaired) electrons. The molecule has 16 heavy (non-hydrogen) atoms. The lowest BCUT2D eigenvalue weighted by atomic mass is 9.68. The summed E-state index contributed by atoms with van der Waals surface area (Å²) < 4.78 is 0. The molecule has 1 atom stereocenters. The molecule has 1 nitrogen and oxygen atoms in total. The number of rotatable bonds is 2. The highest BCUT2D eigenvalue weighted by molar-refractivity contribution is 5.27. The van der Waals surface area contributed by atoms with Crippen LogP contribution in [0.25, 0.3) is 0 Å². The first kappa shape index (κ1) is 12.2. The molecule has 1 N–H and O–H groups in total. The number of allylic oxidation sites excluding steroid dienone is 1. The van der Waals surface area contributed by atoms with Gasteiger partial charge in [0.2, 0.25) is 0 Å². The third-order valence-corrected chi connectivity index (χ3v) is 4.68. The molecule has 0 heterocycles. The molecule has 1 fully saturated rings. The van der Waals surface area contributed by atoms with E-state index in [9.17, 15) is 5.11 Å². The third-order valence-electron chi connectivity index (χ3n) is 4.68. The predicted molar refractivity (Wildman–Crippen MR) is 68.3 cm³/mol. The van der Waals surface area contributed by atoms with Gasteiger partial charge in [-0.05, 0) is 55.9 Å². The minimum Gasteiger partial charge on any atom is -0.388 e. The predicted octanol–water partition coefficient (Wildman–Crippen LogP) is 4.06. The summed E-state index contributed by atoms with van der Waals surface area (Å²) in [4.78, 5) is 0. The van der Waals surface area contributed by atoms with Gasteiger partial charge in [-0.2, -0.15) is 0 Å². The van der Waals surface area contributed by atoms with Crippen LogP contribution in [-0.4, -0.2) is 11.2 Å². The van der Waals surface area contributed by atoms with Crippen LogP contribution in [0.1, 0.15) is 65.7 Å². The highest BCUT2D eigenvalue weighted by Gasteiger charge is 2.36. The Balaban J connectivity index is 2.22. The Labute approximate surface area is 99.9 Å². The van der Waals surface area contributed by atoms with Gasteiger partial charge in [0, 0.05) is 0 Å². The van der Waals surface area contributed by atoms with Crippen molar-refractivity contribution >= 4 is 0 Å². The molecule has 0 aliphatic heterocycles. The van der Waals surface area contributed by atoms with Crippen molar-refractivity contribution in [3.63, 3.8) is 0 Å². The lowest BCUT2D eigenvalue weighted by molar-refractivity contribution is 0.113. The van der Waals surface area contributed by atoms with E-state index in [1.165, 1.54) is 56.1 Å². The number of aliphatic hydroxyl groups excluding tert-OH is 1. The van der Waals surface area contributed by atoms with E-state index in [1.54, 1.807) is 0 Å². The van der Waals surface area contributed by atoms with Gasteiger partial charge in [0.1, 0.15) is 0 Å². The van der Waals surface area contributed by atoms with Gasteiger partial charge in [-0.25, -0.2) is 0 Å². The van der Waals surface area contributed by atoms with Crippen LogP contribution in [0.15, 0.2) is 11.1 Å². The molecule has 0 aromatic carbocycles. The quantitative estimate of drug-likeness (QED) is 0.698. The molecule has 0 saturated heterocycles. The molecule has 0 aromatic heterocycles. The molecular formula is C15H26O. The summed E-state index contributed by atoms with van der Waals surface area (Å²) >= 11 is 0. The van der Waals surface area contributed by atoms with Crippen LogP contribution in [0, 0.1) is 11.3 Å². The minimum absolute atomic E-state index is 0.155. The van der Waals surface area contributed by atoms with Crippen molar-refractivity contribution in [2.75, 3.05) is 0 Å². The zero-order chi connectivity index (χ0) is 11.8. The van der Waals surface area contributed by atoms with Gasteiger partial charge in [-0.3, -0.25) is 0 Å². The first-order valence-corrected chi connectivity index (χ1v) is 6.90. The maximum Gasteiger partial charge on any atom is 0.0785 e. The van der Waals surface area contributed by atoms with E-state index in [0.29, 0.717) is 5.92 Å². The molecule has 2 aliphatic carbocycles. The Morgan fingerprint density at radius 2 is 1.81 bits per heavy atom. The maximum absolute atomic E-state index is 10.6. The van der Waals surface area contributed by atoms with Crippen molar-refractivity contribution in [3.05, 3.63) is 11.1 Å². The van der Waals surface area contributed by atoms with Gasteiger partial charge in [0.25, 0.3) is 0 Å². The monoisotopic (exact) mass is 222 g/mol. The normalized spacial score (nSPS) is 28.5. The maximum atomic E-state index is 10.6. The smallest absolute Gasteiger partial charge is 0.0785 e. The van der Waals surface area contributed by atoms with Crippen molar-refractivity contribution in [1.82, 2.24) is 0 Å². The van der Waals surface area contributed by atoms with Crippen LogP contribution in [-0.2, 0) is 0 Å². The van der Waals surface area contributed by atoms with Crippen molar-refractivity contribution in [2.24, 2.45) is 11.3 Å². The van der Waals surface area contributed by atoms with Crippen LogP contribution in [0.4, 0.5) is 0 Å². The SMILES string of the molecule is CC1=C(C(O)C2CCCC2)C(C)(C)CCC1. The number of hydrogen-bond acceptors (Lipinski definition) is 1. The van der Waals surface area contributed by atoms with Gasteiger partial charge >= 0.3 is 0 Å². The fraction of sp³-hybridized carbons (Fsp3) is 0.867. The van der Waals surface area contributed by atoms with Crippen molar-refractivity contribution in [1.29, 1.82) is 0 Å². The van der Waals surface area contributed by atoms with Crippen LogP contribution in [0.2, 0.25) is 0 Å². The van der Waals surface area contributed by atoms with E-state index in [0.717, 1.165) is 0 Å². The van der Waals surface area contributed by atoms with Gasteiger partial charge in [0.15, 0.2) is 0 Å². The molecular weight excluding hydrogens is 196 g/mol. The lowest BCUT2D eigenvalue weighted by Crippen LogP contribution is -2.33. The summed E-state index contributed by atoms with van der Waals surface area (Å²) in [5.74, 6) is 0.544. The van der Waals surface area contributed by atoms with Crippen molar-refractivity contribution in [2.45, 2.75) is 71.8 Å². The Morgan fingerprint density at radius 1 is 1.19 bits per heavy atom. The average molecular weight is 222 g/mol. The third kappa shape index (κ3) is 2.20. The molecule has 1 heteroatoms. The fourth-order valence-electron chi connectivity index (χ4n) is 3.80. The Kier molecular flexibility index (Phi) is 3.44. The topological polar surface area (TPSA) is 20.2 Å². The first-order chi connectivity index (χ1) is 7.52. The standard InChI is InChI=1S/C15H26O/c1-11-7-6-10-15(2,3)13(11)14(16)12-8-4-5-9-12/h12,14,16H,4-10H2,1-3H3. The zero-order valence-corrected chi connectivity index (χ0v) is 11.1. The average Bonchev–Trinajstić information content (AvgIpc) is 2.68. The van der Waals surface area contributed by atoms with E-state index >= 15 is 0 Å². The molecule has 2 rings (SSSR count). The minimum atomic E-state index is -0.155. The van der Waals surface area contributed by atoms with E-state index in [1.807, 2.05) is 0 Å². The second-order valence-corrected chi connectivity index (χ2v) is 6.42. The summed E-state index contributed by atoms with van der Waals surface area (Å²) in [5.41, 5.74) is 3.07. The Hall–Kier alpha value is -0.300. The Morgan fingerprint density at radius 3 is 2.38 bits per heavy atom. The molecule has 92 valence electrons. The highest BCUT2D eigenvalue weighted by atomic mass is 16.3. The molecule has 1 unspecified atom stereocenters. The van der Waals surface area contributed by atoms with E-state index in [-0.39, 0.29) is 11.5 Å². The van der Waals surface area contributed by atoms with E-state index in [4.69, 9.17) is 0 Å². The second-order valence-electron chi connectivity index (χ2n) is 6.42. The van der Waals surface area contributed by atoms with Crippen molar-refractivity contribution < 1.29 is 5.11 Å². The van der Waals surface area contributed by atoms with Gasteiger partial charge < -0.3 is 5.11 Å². The summed E-state index contributed by atoms with van der Waals surface area (Å²) in [5, 5.41) is 10.6. The molecule has 2 aliphatic rings. The summed E-state index contributed by atoms with van der Waals surface area (Å²) in [7, 11) is 0. The molecule has 0 bridgehead atoms. The molecule has 0 spiro atoms. The first-order valence-electron chi connectivity index (χ1n) is 6.90. The van der Waals surface area contributed by atoms with E-state index in [2.05, 4.69) is 20.8 Å². The number of aliphatic hydroxyl groups is 1. The van der Waals surface area contributed by atoms with E-state index < -0.39 is 0 Å². The lowest BCUT2D eigenvalue weighted by Gasteiger charge is -2.39. The molecule has 1 saturated carbocycles. The summed E-state index contributed by atoms with van der Waals surface area (Å²) in [6.07, 6.45) is 8.66. The Bertz CT molecular complexity index is 282. The van der Waals surface area contributed by atoms with Gasteiger partial charge in [-0.1, -0.05) is 32.3 Å². The van der Waals surface area contributed by atoms with Gasteiger partial charge in [0.05, 0.1) is 6.10 Å². The van der Waals surface area contributed by atoms with Crippen LogP contribution in [0.3, 0.4) is 0 Å². The summed E-state index contributed by atoms with van der Waals surface area (Å²) in [6, 6.07) is 0. The van der Waals surface area contributed by atoms with Crippen LogP contribution < -0.4 is 0 Å². The van der Waals surface area contributed by atoms with Gasteiger partial charge in [-0.15, -0.1) is 0 Å². The van der Waals surface area contributed by atoms with Crippen LogP contribution in [0.5, 0.6) is 0 Å².